The zero-order chi connectivity index (χ0) is 13.7. The van der Waals surface area contributed by atoms with Crippen LogP contribution in [0.25, 0.3) is 0 Å². The maximum atomic E-state index is 13.2. The lowest BCUT2D eigenvalue weighted by molar-refractivity contribution is 0.411. The van der Waals surface area contributed by atoms with Crippen molar-refractivity contribution in [2.75, 3.05) is 14.2 Å². The molecule has 0 saturated heterocycles. The van der Waals surface area contributed by atoms with Gasteiger partial charge in [0.2, 0.25) is 0 Å². The largest absolute Gasteiger partial charge is 0.495 e. The lowest BCUT2D eigenvalue weighted by Gasteiger charge is -2.17. The number of rotatable bonds is 5. The number of nitrogens with zero attached hydrogens (tertiary/aromatic N) is 1. The first-order valence-electron chi connectivity index (χ1n) is 6.13. The topological polar surface area (TPSA) is 34.2 Å². The van der Waals surface area contributed by atoms with Crippen LogP contribution in [0.15, 0.2) is 42.7 Å². The van der Waals surface area contributed by atoms with Crippen LogP contribution in [-0.4, -0.2) is 19.1 Å². The number of nitrogens with one attached hydrogen (secondary N) is 1. The molecule has 19 heavy (non-hydrogen) atoms. The fraction of sp³-hybridized carbons (Fsp3) is 0.267. The Morgan fingerprint density at radius 1 is 1.32 bits per heavy atom. The van der Waals surface area contributed by atoms with Gasteiger partial charge in [-0.2, -0.15) is 0 Å². The molecular formula is C15H17FN2O. The molecule has 1 unspecified atom stereocenters. The van der Waals surface area contributed by atoms with Crippen LogP contribution in [0.5, 0.6) is 5.75 Å². The Labute approximate surface area is 112 Å². The molecule has 0 aliphatic carbocycles. The quantitative estimate of drug-likeness (QED) is 0.897. The average molecular weight is 260 g/mol. The molecule has 1 N–H and O–H groups in total. The van der Waals surface area contributed by atoms with Gasteiger partial charge >= 0.3 is 0 Å². The van der Waals surface area contributed by atoms with Crippen molar-refractivity contribution in [3.05, 3.63) is 59.7 Å². The first-order chi connectivity index (χ1) is 9.22. The van der Waals surface area contributed by atoms with Crippen LogP contribution < -0.4 is 10.1 Å². The monoisotopic (exact) mass is 260 g/mol. The van der Waals surface area contributed by atoms with Crippen molar-refractivity contribution in [2.45, 2.75) is 12.5 Å². The highest BCUT2D eigenvalue weighted by Crippen LogP contribution is 2.21. The van der Waals surface area contributed by atoms with Crippen LogP contribution in [0, 0.1) is 5.82 Å². The molecule has 0 fully saturated rings. The zero-order valence-electron chi connectivity index (χ0n) is 11.1. The number of aromatic nitrogens is 1. The highest BCUT2D eigenvalue weighted by molar-refractivity contribution is 5.28. The summed E-state index contributed by atoms with van der Waals surface area (Å²) in [6.45, 7) is 0. The SMILES string of the molecule is CNC(Cc1cccc(F)c1)c1cncc(OC)c1. The van der Waals surface area contributed by atoms with Crippen LogP contribution in [-0.2, 0) is 6.42 Å². The van der Waals surface area contributed by atoms with E-state index in [-0.39, 0.29) is 11.9 Å². The van der Waals surface area contributed by atoms with E-state index in [0.717, 1.165) is 16.9 Å². The second kappa shape index (κ2) is 6.29. The number of hydrogen-bond donors (Lipinski definition) is 1. The molecule has 0 aliphatic heterocycles. The standard InChI is InChI=1S/C15H17FN2O/c1-17-15(7-11-4-3-5-13(16)6-11)12-8-14(19-2)10-18-9-12/h3-6,8-10,15,17H,7H2,1-2H3. The predicted molar refractivity (Wildman–Crippen MR) is 72.7 cm³/mol. The molecular weight excluding hydrogens is 243 g/mol. The molecule has 2 aromatic rings. The second-order valence-corrected chi connectivity index (χ2v) is 4.33. The van der Waals surface area contributed by atoms with Crippen molar-refractivity contribution < 1.29 is 9.13 Å². The number of benzene rings is 1. The third-order valence-electron chi connectivity index (χ3n) is 3.05. The number of hydrogen-bond acceptors (Lipinski definition) is 3. The van der Waals surface area contributed by atoms with Crippen molar-refractivity contribution >= 4 is 0 Å². The van der Waals surface area contributed by atoms with Gasteiger partial charge in [0.05, 0.1) is 13.3 Å². The summed E-state index contributed by atoms with van der Waals surface area (Å²) in [7, 11) is 3.49. The second-order valence-electron chi connectivity index (χ2n) is 4.33. The van der Waals surface area contributed by atoms with E-state index in [1.807, 2.05) is 19.2 Å². The highest BCUT2D eigenvalue weighted by Gasteiger charge is 2.11. The van der Waals surface area contributed by atoms with E-state index in [0.29, 0.717) is 6.42 Å². The van der Waals surface area contributed by atoms with E-state index < -0.39 is 0 Å². The summed E-state index contributed by atoms with van der Waals surface area (Å²) in [5, 5.41) is 3.22. The van der Waals surface area contributed by atoms with E-state index >= 15 is 0 Å². The van der Waals surface area contributed by atoms with Gasteiger partial charge in [-0.15, -0.1) is 0 Å². The third-order valence-corrected chi connectivity index (χ3v) is 3.05. The Kier molecular flexibility index (Phi) is 4.47. The Balaban J connectivity index is 2.19. The molecule has 0 aliphatic rings. The summed E-state index contributed by atoms with van der Waals surface area (Å²) < 4.78 is 18.4. The normalized spacial score (nSPS) is 12.2. The van der Waals surface area contributed by atoms with Gasteiger partial charge in [0.15, 0.2) is 0 Å². The average Bonchev–Trinajstić information content (AvgIpc) is 2.45. The third kappa shape index (κ3) is 3.51. The summed E-state index contributed by atoms with van der Waals surface area (Å²) in [6.07, 6.45) is 4.16. The van der Waals surface area contributed by atoms with E-state index in [1.54, 1.807) is 31.6 Å². The molecule has 1 atom stereocenters. The van der Waals surface area contributed by atoms with E-state index in [1.165, 1.54) is 6.07 Å². The molecule has 0 spiro atoms. The van der Waals surface area contributed by atoms with Gasteiger partial charge < -0.3 is 10.1 Å². The zero-order valence-corrected chi connectivity index (χ0v) is 11.1. The fourth-order valence-corrected chi connectivity index (χ4v) is 2.02. The molecule has 0 saturated carbocycles. The van der Waals surface area contributed by atoms with Crippen molar-refractivity contribution in [3.8, 4) is 5.75 Å². The molecule has 0 amide bonds. The molecule has 1 aromatic heterocycles. The molecule has 4 heteroatoms. The van der Waals surface area contributed by atoms with Gasteiger partial charge in [0, 0.05) is 12.2 Å². The maximum absolute atomic E-state index is 13.2. The Bertz CT molecular complexity index is 545. The maximum Gasteiger partial charge on any atom is 0.137 e. The van der Waals surface area contributed by atoms with E-state index in [9.17, 15) is 4.39 Å². The molecule has 0 bridgehead atoms. The van der Waals surface area contributed by atoms with Crippen LogP contribution in [0.4, 0.5) is 4.39 Å². The first kappa shape index (κ1) is 13.5. The number of likely N-dealkylation sites (N-methyl/N-ethyl adjacent to an activating group) is 1. The highest BCUT2D eigenvalue weighted by atomic mass is 19.1. The summed E-state index contributed by atoms with van der Waals surface area (Å²) in [4.78, 5) is 4.14. The summed E-state index contributed by atoms with van der Waals surface area (Å²) >= 11 is 0. The first-order valence-corrected chi connectivity index (χ1v) is 6.13. The fourth-order valence-electron chi connectivity index (χ4n) is 2.02. The molecule has 100 valence electrons. The number of halogens is 1. The molecule has 1 aromatic carbocycles. The number of pyridine rings is 1. The summed E-state index contributed by atoms with van der Waals surface area (Å²) in [5.41, 5.74) is 1.97. The number of methoxy groups -OCH3 is 1. The van der Waals surface area contributed by atoms with E-state index in [2.05, 4.69) is 10.3 Å². The van der Waals surface area contributed by atoms with Crippen molar-refractivity contribution in [1.82, 2.24) is 10.3 Å². The van der Waals surface area contributed by atoms with Gasteiger partial charge in [0.25, 0.3) is 0 Å². The van der Waals surface area contributed by atoms with Crippen LogP contribution in [0.3, 0.4) is 0 Å². The van der Waals surface area contributed by atoms with Crippen molar-refractivity contribution in [1.29, 1.82) is 0 Å². The number of ether oxygens (including phenoxy) is 1. The molecule has 0 radical (unpaired) electrons. The Morgan fingerprint density at radius 2 is 2.16 bits per heavy atom. The smallest absolute Gasteiger partial charge is 0.137 e. The minimum absolute atomic E-state index is 0.0735. The van der Waals surface area contributed by atoms with Crippen LogP contribution >= 0.6 is 0 Å². The minimum atomic E-state index is -0.212. The Hall–Kier alpha value is -1.94. The van der Waals surface area contributed by atoms with E-state index in [4.69, 9.17) is 4.74 Å². The van der Waals surface area contributed by atoms with Gasteiger partial charge in [-0.25, -0.2) is 4.39 Å². The predicted octanol–water partition coefficient (Wildman–Crippen LogP) is 2.73. The van der Waals surface area contributed by atoms with Gasteiger partial charge in [-0.3, -0.25) is 4.98 Å². The summed E-state index contributed by atoms with van der Waals surface area (Å²) in [5.74, 6) is 0.508. The van der Waals surface area contributed by atoms with Gasteiger partial charge in [0.1, 0.15) is 11.6 Å². The Morgan fingerprint density at radius 3 is 2.84 bits per heavy atom. The van der Waals surface area contributed by atoms with Crippen LogP contribution in [0.2, 0.25) is 0 Å². The van der Waals surface area contributed by atoms with Crippen molar-refractivity contribution in [3.63, 3.8) is 0 Å². The lowest BCUT2D eigenvalue weighted by Crippen LogP contribution is -2.19. The molecule has 2 rings (SSSR count). The van der Waals surface area contributed by atoms with Gasteiger partial charge in [-0.1, -0.05) is 12.1 Å². The molecule has 1 heterocycles. The molecule has 3 nitrogen and oxygen atoms in total. The minimum Gasteiger partial charge on any atom is -0.495 e. The van der Waals surface area contributed by atoms with Crippen LogP contribution in [0.1, 0.15) is 17.2 Å². The summed E-state index contributed by atoms with van der Waals surface area (Å²) in [6, 6.07) is 8.66. The van der Waals surface area contributed by atoms with Gasteiger partial charge in [-0.05, 0) is 42.8 Å². The lowest BCUT2D eigenvalue weighted by atomic mass is 10.0. The van der Waals surface area contributed by atoms with Crippen molar-refractivity contribution in [2.24, 2.45) is 0 Å².